The summed E-state index contributed by atoms with van der Waals surface area (Å²) in [5.74, 6) is 1.50. The highest BCUT2D eigenvalue weighted by molar-refractivity contribution is 6.30. The molecule has 4 heterocycles. The molecule has 5 aromatic rings. The van der Waals surface area contributed by atoms with Crippen LogP contribution in [0.3, 0.4) is 0 Å². The fourth-order valence-corrected chi connectivity index (χ4v) is 5.92. The summed E-state index contributed by atoms with van der Waals surface area (Å²) in [6.45, 7) is 2.16. The summed E-state index contributed by atoms with van der Waals surface area (Å²) in [7, 11) is 0. The maximum absolute atomic E-state index is 10.5. The van der Waals surface area contributed by atoms with Crippen LogP contribution in [0.1, 0.15) is 61.8 Å². The standard InChI is InChI=1S/C28H28ClN7O2/c1-2-3-8-23-30-27(29)26-22(36-24(37)15-16-25(36)38)14-13-21(35(23)26)18-11-9-17(10-12-18)19-6-4-5-7-20(19)28-31-33-34-32-28/h4-7,9-12,15-16,21-22,37-38H,2-3,8,13-14H2,1H3,(H,31,32,33,34). The quantitative estimate of drug-likeness (QED) is 0.241. The lowest BCUT2D eigenvalue weighted by molar-refractivity contribution is 0.301. The van der Waals surface area contributed by atoms with Gasteiger partial charge in [0.15, 0.2) is 16.9 Å². The molecule has 1 aliphatic heterocycles. The number of aromatic nitrogens is 7. The first-order valence-electron chi connectivity index (χ1n) is 12.9. The zero-order chi connectivity index (χ0) is 26.2. The normalized spacial score (nSPS) is 17.0. The van der Waals surface area contributed by atoms with E-state index in [9.17, 15) is 10.2 Å². The summed E-state index contributed by atoms with van der Waals surface area (Å²) in [6.07, 6.45) is 4.34. The molecule has 0 saturated heterocycles. The lowest BCUT2D eigenvalue weighted by atomic mass is 9.91. The highest BCUT2D eigenvalue weighted by atomic mass is 35.5. The Balaban J connectivity index is 1.40. The first kappa shape index (κ1) is 24.2. The fraction of sp³-hybridized carbons (Fsp3) is 0.286. The van der Waals surface area contributed by atoms with Gasteiger partial charge in [0, 0.05) is 24.1 Å². The Kier molecular flexibility index (Phi) is 6.37. The number of fused-ring (bicyclic) bond motifs is 1. The minimum absolute atomic E-state index is 0.00879. The molecule has 9 nitrogen and oxygen atoms in total. The van der Waals surface area contributed by atoms with Crippen molar-refractivity contribution in [1.82, 2.24) is 34.7 Å². The first-order chi connectivity index (χ1) is 18.6. The lowest BCUT2D eigenvalue weighted by Crippen LogP contribution is -2.27. The third-order valence-corrected chi connectivity index (χ3v) is 7.66. The molecule has 3 N–H and O–H groups in total. The SMILES string of the molecule is CCCCc1nc(Cl)c2n1C(c1ccc(-c3ccccc3-c3nn[nH]n3)cc1)CCC2n1c(O)ccc1O. The summed E-state index contributed by atoms with van der Waals surface area (Å²) >= 11 is 6.75. The van der Waals surface area contributed by atoms with Gasteiger partial charge in [-0.3, -0.25) is 4.57 Å². The van der Waals surface area contributed by atoms with Gasteiger partial charge in [0.05, 0.1) is 17.8 Å². The summed E-state index contributed by atoms with van der Waals surface area (Å²) in [6, 6.07) is 19.3. The molecule has 0 fully saturated rings. The average molecular weight is 530 g/mol. The fourth-order valence-electron chi connectivity index (χ4n) is 5.61. The number of tetrazole rings is 1. The molecule has 3 aromatic heterocycles. The molecule has 0 aliphatic carbocycles. The van der Waals surface area contributed by atoms with E-state index in [2.05, 4.69) is 62.4 Å². The molecule has 2 unspecified atom stereocenters. The van der Waals surface area contributed by atoms with Gasteiger partial charge in [0.2, 0.25) is 5.82 Å². The summed E-state index contributed by atoms with van der Waals surface area (Å²) < 4.78 is 3.77. The van der Waals surface area contributed by atoms with Crippen molar-refractivity contribution in [2.75, 3.05) is 0 Å². The summed E-state index contributed by atoms with van der Waals surface area (Å²) in [5, 5.41) is 35.9. The topological polar surface area (TPSA) is 118 Å². The van der Waals surface area contributed by atoms with E-state index in [4.69, 9.17) is 16.6 Å². The van der Waals surface area contributed by atoms with Crippen molar-refractivity contribution in [1.29, 1.82) is 0 Å². The van der Waals surface area contributed by atoms with E-state index in [-0.39, 0.29) is 23.8 Å². The number of aromatic hydroxyl groups is 2. The van der Waals surface area contributed by atoms with Crippen LogP contribution in [0.5, 0.6) is 11.8 Å². The van der Waals surface area contributed by atoms with Crippen LogP contribution >= 0.6 is 11.6 Å². The van der Waals surface area contributed by atoms with E-state index in [0.717, 1.165) is 59.5 Å². The zero-order valence-electron chi connectivity index (χ0n) is 20.9. The van der Waals surface area contributed by atoms with E-state index in [1.165, 1.54) is 16.7 Å². The average Bonchev–Trinajstić information content (AvgIpc) is 3.67. The minimum atomic E-state index is -0.308. The number of benzene rings is 2. The van der Waals surface area contributed by atoms with Crippen LogP contribution in [0, 0.1) is 0 Å². The van der Waals surface area contributed by atoms with Gasteiger partial charge in [-0.2, -0.15) is 5.21 Å². The predicted octanol–water partition coefficient (Wildman–Crippen LogP) is 5.91. The van der Waals surface area contributed by atoms with Gasteiger partial charge in [0.25, 0.3) is 0 Å². The molecular weight excluding hydrogens is 502 g/mol. The van der Waals surface area contributed by atoms with Crippen LogP contribution in [0.2, 0.25) is 5.15 Å². The van der Waals surface area contributed by atoms with Crippen LogP contribution < -0.4 is 0 Å². The Morgan fingerprint density at radius 1 is 0.921 bits per heavy atom. The van der Waals surface area contributed by atoms with E-state index in [1.54, 1.807) is 0 Å². The summed E-state index contributed by atoms with van der Waals surface area (Å²) in [5.41, 5.74) is 4.96. The van der Waals surface area contributed by atoms with Gasteiger partial charge < -0.3 is 14.8 Å². The number of hydrogen-bond donors (Lipinski definition) is 3. The van der Waals surface area contributed by atoms with Gasteiger partial charge in [-0.1, -0.05) is 73.5 Å². The van der Waals surface area contributed by atoms with Gasteiger partial charge >= 0.3 is 0 Å². The Morgan fingerprint density at radius 2 is 1.63 bits per heavy atom. The molecule has 0 bridgehead atoms. The number of aromatic amines is 1. The van der Waals surface area contributed by atoms with Crippen LogP contribution in [0.15, 0.2) is 60.7 Å². The highest BCUT2D eigenvalue weighted by Crippen LogP contribution is 2.45. The third-order valence-electron chi connectivity index (χ3n) is 7.38. The molecule has 0 spiro atoms. The molecule has 0 saturated carbocycles. The van der Waals surface area contributed by atoms with E-state index in [1.807, 2.05) is 18.2 Å². The minimum Gasteiger partial charge on any atom is -0.494 e. The van der Waals surface area contributed by atoms with Crippen LogP contribution in [-0.4, -0.2) is 45.0 Å². The number of imidazole rings is 1. The number of nitrogens with zero attached hydrogens (tertiary/aromatic N) is 6. The second-order valence-electron chi connectivity index (χ2n) is 9.61. The highest BCUT2D eigenvalue weighted by Gasteiger charge is 2.36. The molecule has 6 rings (SSSR count). The third kappa shape index (κ3) is 4.12. The Morgan fingerprint density at radius 3 is 2.32 bits per heavy atom. The second kappa shape index (κ2) is 9.98. The van der Waals surface area contributed by atoms with Crippen LogP contribution in [0.25, 0.3) is 22.5 Å². The van der Waals surface area contributed by atoms with E-state index >= 15 is 0 Å². The van der Waals surface area contributed by atoms with Crippen molar-refractivity contribution < 1.29 is 10.2 Å². The number of H-pyrrole nitrogens is 1. The number of rotatable bonds is 7. The molecule has 2 atom stereocenters. The van der Waals surface area contributed by atoms with Crippen LogP contribution in [-0.2, 0) is 6.42 Å². The van der Waals surface area contributed by atoms with Gasteiger partial charge in [-0.25, -0.2) is 4.98 Å². The monoisotopic (exact) mass is 529 g/mol. The van der Waals surface area contributed by atoms with Crippen molar-refractivity contribution in [2.45, 2.75) is 51.1 Å². The first-order valence-corrected chi connectivity index (χ1v) is 13.2. The molecule has 194 valence electrons. The molecule has 10 heteroatoms. The van der Waals surface area contributed by atoms with Crippen molar-refractivity contribution in [3.8, 4) is 34.3 Å². The van der Waals surface area contributed by atoms with Crippen molar-refractivity contribution >= 4 is 11.6 Å². The lowest BCUT2D eigenvalue weighted by Gasteiger charge is -2.34. The largest absolute Gasteiger partial charge is 0.494 e. The van der Waals surface area contributed by atoms with E-state index < -0.39 is 0 Å². The molecule has 1 aliphatic rings. The Bertz CT molecular complexity index is 1540. The number of halogens is 1. The van der Waals surface area contributed by atoms with Crippen molar-refractivity contribution in [3.05, 3.63) is 82.9 Å². The summed E-state index contributed by atoms with van der Waals surface area (Å²) in [4.78, 5) is 4.76. The van der Waals surface area contributed by atoms with Gasteiger partial charge in [0.1, 0.15) is 5.82 Å². The maximum Gasteiger partial charge on any atom is 0.205 e. The van der Waals surface area contributed by atoms with Crippen LogP contribution in [0.4, 0.5) is 0 Å². The molecule has 38 heavy (non-hydrogen) atoms. The maximum atomic E-state index is 10.5. The van der Waals surface area contributed by atoms with Crippen molar-refractivity contribution in [3.63, 3.8) is 0 Å². The molecule has 0 amide bonds. The zero-order valence-corrected chi connectivity index (χ0v) is 21.7. The van der Waals surface area contributed by atoms with Crippen molar-refractivity contribution in [2.24, 2.45) is 0 Å². The Hall–Kier alpha value is -4.11. The predicted molar refractivity (Wildman–Crippen MR) is 144 cm³/mol. The molecule has 0 radical (unpaired) electrons. The Labute approximate surface area is 224 Å². The van der Waals surface area contributed by atoms with E-state index in [0.29, 0.717) is 17.4 Å². The molecular formula is C28H28ClN7O2. The number of unbranched alkanes of at least 4 members (excludes halogenated alkanes) is 1. The number of aryl methyl sites for hydroxylation is 1. The van der Waals surface area contributed by atoms with Gasteiger partial charge in [-0.05, 0) is 41.2 Å². The number of hydrogen-bond acceptors (Lipinski definition) is 6. The smallest absolute Gasteiger partial charge is 0.205 e. The van der Waals surface area contributed by atoms with Gasteiger partial charge in [-0.15, -0.1) is 10.2 Å². The molecule has 2 aromatic carbocycles. The number of nitrogens with one attached hydrogen (secondary N) is 1. The second-order valence-corrected chi connectivity index (χ2v) is 9.97.